The fraction of sp³-hybridized carbons (Fsp3) is 0. The summed E-state index contributed by atoms with van der Waals surface area (Å²) >= 11 is 0. The highest BCUT2D eigenvalue weighted by Gasteiger charge is 2.16. The van der Waals surface area contributed by atoms with Gasteiger partial charge in [0.25, 0.3) is 0 Å². The Morgan fingerprint density at radius 1 is 0.485 bits per heavy atom. The van der Waals surface area contributed by atoms with Crippen molar-refractivity contribution >= 4 is 43.5 Å². The van der Waals surface area contributed by atoms with E-state index in [0.717, 1.165) is 54.6 Å². The van der Waals surface area contributed by atoms with Crippen molar-refractivity contribution in [1.29, 1.82) is 0 Å². The summed E-state index contributed by atoms with van der Waals surface area (Å²) in [4.78, 5) is 0. The summed E-state index contributed by atoms with van der Waals surface area (Å²) in [5.74, 6) is 0. The Balaban J connectivity index is 1.56. The minimum atomic E-state index is -0.395. The molecule has 0 aliphatic heterocycles. The Morgan fingerprint density at radius 2 is 1.18 bits per heavy atom. The lowest BCUT2D eigenvalue weighted by atomic mass is 9.94. The van der Waals surface area contributed by atoms with E-state index >= 15 is 0 Å². The van der Waals surface area contributed by atoms with Gasteiger partial charge >= 0.3 is 0 Å². The second-order valence-electron chi connectivity index (χ2n) is 8.19. The van der Waals surface area contributed by atoms with Crippen LogP contribution < -0.4 is 0 Å². The van der Waals surface area contributed by atoms with Gasteiger partial charge in [0.15, 0.2) is 0 Å². The molecule has 0 amide bonds. The fourth-order valence-corrected chi connectivity index (χ4v) is 4.81. The number of furan rings is 1. The molecular weight excluding hydrogens is 400 g/mol. The van der Waals surface area contributed by atoms with Crippen molar-refractivity contribution in [3.8, 4) is 22.3 Å². The molecule has 0 radical (unpaired) electrons. The third-order valence-electron chi connectivity index (χ3n) is 6.34. The van der Waals surface area contributed by atoms with E-state index in [2.05, 4.69) is 42.5 Å². The van der Waals surface area contributed by atoms with Crippen LogP contribution in [0.2, 0.25) is 0 Å². The Bertz CT molecular complexity index is 2050. The highest BCUT2D eigenvalue weighted by atomic mass is 16.3. The molecule has 154 valence electrons. The van der Waals surface area contributed by atoms with Gasteiger partial charge < -0.3 is 4.42 Å². The van der Waals surface area contributed by atoms with Crippen molar-refractivity contribution in [3.05, 3.63) is 121 Å². The molecule has 6 aromatic carbocycles. The van der Waals surface area contributed by atoms with Crippen LogP contribution in [0.25, 0.3) is 65.7 Å². The van der Waals surface area contributed by atoms with Gasteiger partial charge in [-0.15, -0.1) is 0 Å². The van der Waals surface area contributed by atoms with Crippen LogP contribution in [0.15, 0.2) is 126 Å². The first-order valence-corrected chi connectivity index (χ1v) is 10.9. The van der Waals surface area contributed by atoms with Crippen molar-refractivity contribution in [2.75, 3.05) is 0 Å². The molecule has 0 aliphatic rings. The molecule has 0 aliphatic carbocycles. The zero-order valence-electron chi connectivity index (χ0n) is 22.6. The molecule has 0 spiro atoms. The molecule has 0 atom stereocenters. The van der Waals surface area contributed by atoms with E-state index in [0.29, 0.717) is 5.56 Å². The molecule has 0 saturated heterocycles. The highest BCUT2D eigenvalue weighted by molar-refractivity contribution is 6.30. The van der Waals surface area contributed by atoms with Gasteiger partial charge in [-0.25, -0.2) is 0 Å². The number of hydrogen-bond acceptors (Lipinski definition) is 1. The van der Waals surface area contributed by atoms with Crippen LogP contribution in [0, 0.1) is 0 Å². The molecule has 1 heterocycles. The SMILES string of the molecule is [2H]c1c([2H])c([2H])c(-c2ccc3c(c2)c2ccccc2c2c4ccc(-c5ccccc5)cc4oc32)c([2H])c1[2H]. The predicted molar refractivity (Wildman–Crippen MR) is 140 cm³/mol. The van der Waals surface area contributed by atoms with Gasteiger partial charge in [0.1, 0.15) is 11.2 Å². The Morgan fingerprint density at radius 3 is 2.00 bits per heavy atom. The minimum Gasteiger partial charge on any atom is -0.455 e. The average Bonchev–Trinajstić information content (AvgIpc) is 3.35. The summed E-state index contributed by atoms with van der Waals surface area (Å²) in [7, 11) is 0. The van der Waals surface area contributed by atoms with Gasteiger partial charge in [0, 0.05) is 16.2 Å². The maximum Gasteiger partial charge on any atom is 0.143 e. The molecule has 7 rings (SSSR count). The number of fused-ring (bicyclic) bond motifs is 8. The second kappa shape index (κ2) is 7.08. The predicted octanol–water partition coefficient (Wildman–Crippen LogP) is 9.23. The van der Waals surface area contributed by atoms with E-state index in [1.54, 1.807) is 0 Å². The highest BCUT2D eigenvalue weighted by Crippen LogP contribution is 2.42. The van der Waals surface area contributed by atoms with E-state index in [-0.39, 0.29) is 29.7 Å². The number of benzene rings is 6. The molecular formula is C32H20O. The number of rotatable bonds is 2. The summed E-state index contributed by atoms with van der Waals surface area (Å²) < 4.78 is 47.6. The van der Waals surface area contributed by atoms with Crippen molar-refractivity contribution in [1.82, 2.24) is 0 Å². The van der Waals surface area contributed by atoms with E-state index < -0.39 is 6.04 Å². The smallest absolute Gasteiger partial charge is 0.143 e. The summed E-state index contributed by atoms with van der Waals surface area (Å²) in [5.41, 5.74) is 4.53. The van der Waals surface area contributed by atoms with E-state index in [1.165, 1.54) is 0 Å². The molecule has 1 nitrogen and oxygen atoms in total. The van der Waals surface area contributed by atoms with Crippen LogP contribution in [0.5, 0.6) is 0 Å². The third-order valence-corrected chi connectivity index (χ3v) is 6.34. The lowest BCUT2D eigenvalue weighted by Crippen LogP contribution is -1.83. The van der Waals surface area contributed by atoms with Crippen molar-refractivity contribution < 1.29 is 11.3 Å². The lowest BCUT2D eigenvalue weighted by Gasteiger charge is -2.09. The number of hydrogen-bond donors (Lipinski definition) is 0. The molecule has 0 saturated carbocycles. The van der Waals surface area contributed by atoms with Gasteiger partial charge in [-0.3, -0.25) is 0 Å². The first-order valence-electron chi connectivity index (χ1n) is 13.4. The Labute approximate surface area is 198 Å². The quantitative estimate of drug-likeness (QED) is 0.252. The summed E-state index contributed by atoms with van der Waals surface area (Å²) in [6.45, 7) is 0. The summed E-state index contributed by atoms with van der Waals surface area (Å²) in [6.07, 6.45) is 0. The van der Waals surface area contributed by atoms with Crippen LogP contribution >= 0.6 is 0 Å². The largest absolute Gasteiger partial charge is 0.455 e. The summed E-state index contributed by atoms with van der Waals surface area (Å²) in [6, 6.07) is 28.8. The Kier molecular flexibility index (Phi) is 2.99. The van der Waals surface area contributed by atoms with Gasteiger partial charge in [0.2, 0.25) is 0 Å². The van der Waals surface area contributed by atoms with Gasteiger partial charge in [0.05, 0.1) is 6.85 Å². The van der Waals surface area contributed by atoms with Gasteiger partial charge in [-0.1, -0.05) is 96.9 Å². The van der Waals surface area contributed by atoms with Crippen LogP contribution in [0.4, 0.5) is 0 Å². The van der Waals surface area contributed by atoms with Crippen molar-refractivity contribution in [2.24, 2.45) is 0 Å². The summed E-state index contributed by atoms with van der Waals surface area (Å²) in [5, 5.41) is 5.94. The zero-order chi connectivity index (χ0) is 26.1. The van der Waals surface area contributed by atoms with Crippen molar-refractivity contribution in [3.63, 3.8) is 0 Å². The molecule has 1 aromatic heterocycles. The molecule has 0 unspecified atom stereocenters. The van der Waals surface area contributed by atoms with Gasteiger partial charge in [-0.2, -0.15) is 0 Å². The molecule has 0 fully saturated rings. The third kappa shape index (κ3) is 2.79. The molecule has 0 bridgehead atoms. The fourth-order valence-electron chi connectivity index (χ4n) is 4.81. The van der Waals surface area contributed by atoms with E-state index in [9.17, 15) is 0 Å². The standard InChI is InChI=1S/C32H20O/c1-3-9-21(10-4-1)23-15-17-27-29(19-23)25-13-7-8-14-26(25)31-28-18-16-24(20-30(28)33-32(27)31)22-11-5-2-6-12-22/h1-20H/i1D,3D,4D,9D,10D. The average molecular weight is 426 g/mol. The first-order chi connectivity index (χ1) is 18.4. The monoisotopic (exact) mass is 425 g/mol. The Hall–Kier alpha value is -4.36. The van der Waals surface area contributed by atoms with Crippen molar-refractivity contribution in [2.45, 2.75) is 0 Å². The van der Waals surface area contributed by atoms with Crippen LogP contribution in [-0.2, 0) is 0 Å². The van der Waals surface area contributed by atoms with Crippen LogP contribution in [0.1, 0.15) is 6.85 Å². The maximum absolute atomic E-state index is 8.45. The second-order valence-corrected chi connectivity index (χ2v) is 8.19. The van der Waals surface area contributed by atoms with Crippen LogP contribution in [-0.4, -0.2) is 0 Å². The molecule has 7 aromatic rings. The normalized spacial score (nSPS) is 13.8. The van der Waals surface area contributed by atoms with Crippen LogP contribution in [0.3, 0.4) is 0 Å². The van der Waals surface area contributed by atoms with E-state index in [1.807, 2.05) is 48.5 Å². The minimum absolute atomic E-state index is 0.194. The molecule has 0 N–H and O–H groups in total. The maximum atomic E-state index is 8.45. The first kappa shape index (κ1) is 13.9. The lowest BCUT2D eigenvalue weighted by molar-refractivity contribution is 0.673. The molecule has 1 heteroatoms. The zero-order valence-corrected chi connectivity index (χ0v) is 17.6. The topological polar surface area (TPSA) is 13.1 Å². The molecule has 33 heavy (non-hydrogen) atoms. The van der Waals surface area contributed by atoms with Gasteiger partial charge in [-0.05, 0) is 62.7 Å². The van der Waals surface area contributed by atoms with E-state index in [4.69, 9.17) is 11.3 Å².